The first-order chi connectivity index (χ1) is 60.7. The molecular formula is C86H101F3N16O20S3. The van der Waals surface area contributed by atoms with E-state index in [9.17, 15) is 76.7 Å². The number of hydrogen-bond donors (Lipinski definition) is 5. The number of nitrogens with zero attached hydrogens (tertiary/aromatic N) is 15. The second-order valence-corrected chi connectivity index (χ2v) is 34.3. The summed E-state index contributed by atoms with van der Waals surface area (Å²) in [5.74, 6) is -3.21. The Hall–Kier alpha value is -12.3. The van der Waals surface area contributed by atoms with Gasteiger partial charge in [0.05, 0.1) is 134 Å². The summed E-state index contributed by atoms with van der Waals surface area (Å²) in [5.41, 5.74) is -1.44. The van der Waals surface area contributed by atoms with Gasteiger partial charge in [0, 0.05) is 39.8 Å². The lowest BCUT2D eigenvalue weighted by molar-refractivity contribution is -0.154. The third kappa shape index (κ3) is 20.9. The monoisotopic (exact) mass is 1830 g/mol. The van der Waals surface area contributed by atoms with Crippen molar-refractivity contribution in [1.29, 1.82) is 0 Å². The molecule has 3 atom stereocenters. The zero-order valence-corrected chi connectivity index (χ0v) is 75.6. The number of carbonyl (C=O) groups excluding carboxylic acids is 2. The van der Waals surface area contributed by atoms with Crippen molar-refractivity contribution in [3.63, 3.8) is 0 Å². The van der Waals surface area contributed by atoms with Crippen LogP contribution < -0.4 is 53.7 Å². The van der Waals surface area contributed by atoms with Gasteiger partial charge in [0.2, 0.25) is 0 Å². The van der Waals surface area contributed by atoms with Crippen LogP contribution in [0.1, 0.15) is 133 Å². The molecule has 0 aliphatic rings. The van der Waals surface area contributed by atoms with E-state index in [1.165, 1.54) is 169 Å². The van der Waals surface area contributed by atoms with Crippen LogP contribution in [0.3, 0.4) is 0 Å². The number of carboxylic acids is 1. The van der Waals surface area contributed by atoms with Crippen molar-refractivity contribution in [1.82, 2.24) is 72.4 Å². The minimum absolute atomic E-state index is 0.0144. The molecule has 0 aliphatic heterocycles. The van der Waals surface area contributed by atoms with Crippen LogP contribution in [0, 0.1) is 44.1 Å². The number of aliphatic hydroxyl groups is 3. The Bertz CT molecular complexity index is 6490. The molecule has 13 rings (SSSR count). The molecule has 9 aromatic heterocycles. The number of aryl methyl sites for hydroxylation is 3. The van der Waals surface area contributed by atoms with E-state index in [1.807, 2.05) is 33.8 Å². The van der Waals surface area contributed by atoms with Gasteiger partial charge in [-0.25, -0.2) is 50.8 Å². The Balaban J connectivity index is 0.000000196. The Morgan fingerprint density at radius 1 is 0.461 bits per heavy atom. The molecule has 0 bridgehead atoms. The van der Waals surface area contributed by atoms with Gasteiger partial charge < -0.3 is 59.3 Å². The highest BCUT2D eigenvalue weighted by molar-refractivity contribution is 7.22. The van der Waals surface area contributed by atoms with Gasteiger partial charge in [-0.3, -0.25) is 32.9 Å². The minimum atomic E-state index is -1.90. The molecule has 0 radical (unpaired) electrons. The van der Waals surface area contributed by atoms with E-state index in [-0.39, 0.29) is 127 Å². The third-order valence-corrected chi connectivity index (χ3v) is 24.3. The average Bonchev–Trinajstić information content (AvgIpc) is 1.58. The molecule has 128 heavy (non-hydrogen) atoms. The van der Waals surface area contributed by atoms with Crippen LogP contribution >= 0.6 is 34.0 Å². The van der Waals surface area contributed by atoms with Crippen LogP contribution in [0.2, 0.25) is 0 Å². The molecule has 6 N–H and O–H groups in total. The number of aliphatic hydroxyl groups excluding tert-OH is 3. The van der Waals surface area contributed by atoms with Gasteiger partial charge in [-0.1, -0.05) is 92.0 Å². The lowest BCUT2D eigenvalue weighted by atomic mass is 9.91. The Kier molecular flexibility index (Phi) is 32.2. The number of nitrogens with two attached hydrogens (primary N) is 1. The molecule has 36 nitrogen and oxygen atoms in total. The number of ketones is 1. The van der Waals surface area contributed by atoms with E-state index in [4.69, 9.17) is 38.9 Å². The van der Waals surface area contributed by atoms with Crippen LogP contribution in [0.4, 0.5) is 13.2 Å². The highest BCUT2D eigenvalue weighted by Crippen LogP contribution is 2.40. The van der Waals surface area contributed by atoms with Crippen molar-refractivity contribution in [3.05, 3.63) is 241 Å². The lowest BCUT2D eigenvalue weighted by Gasteiger charge is -2.28. The molecule has 0 saturated heterocycles. The second kappa shape index (κ2) is 42.1. The molecule has 0 saturated carbocycles. The molecule has 0 spiro atoms. The predicted octanol–water partition coefficient (Wildman–Crippen LogP) is 9.04. The smallest absolute Gasteiger partial charge is 0.333 e. The van der Waals surface area contributed by atoms with Crippen molar-refractivity contribution in [2.45, 2.75) is 164 Å². The summed E-state index contributed by atoms with van der Waals surface area (Å²) in [7, 11) is 4.24. The molecule has 0 unspecified atom stereocenters. The van der Waals surface area contributed by atoms with E-state index >= 15 is 0 Å². The van der Waals surface area contributed by atoms with Gasteiger partial charge in [0.25, 0.3) is 16.7 Å². The fraction of sp³-hybridized carbons (Fsp3) is 0.407. The van der Waals surface area contributed by atoms with Crippen molar-refractivity contribution in [2.24, 2.45) is 11.7 Å². The fourth-order valence-corrected chi connectivity index (χ4v) is 17.7. The maximum absolute atomic E-state index is 14.5. The van der Waals surface area contributed by atoms with Crippen molar-refractivity contribution in [3.8, 4) is 32.3 Å². The number of esters is 1. The SMILES string of the molecule is CC(C)N.COc1ccc(F)cc1[C@@H](Cn1c(=O)n(C(C)(C)C(=O)CC(C)C)c(=O)c2c(C)c(-n3nccn3)sc21)OCCO.COc1ccc(F)cc1[C@@H](Cn1c(=O)n(C(C)(C)C(=O)O)c(=O)c2c(C)c(-n3nccn3)sc21)OCCO.COc1ccc(F)cc1[C@@H](Cn1c(=O)n(C(C)(C)C(=O)OCc2ccccc2)c(=O)c2c(C)c(-n3nccn3)sc21)OCCO. The van der Waals surface area contributed by atoms with Crippen LogP contribution in [0.5, 0.6) is 17.2 Å². The topological polar surface area (TPSA) is 447 Å². The number of halogens is 3. The molecule has 0 aliphatic carbocycles. The Labute approximate surface area is 741 Å². The number of carbonyl (C=O) groups is 3. The molecule has 4 aromatic carbocycles. The number of rotatable bonds is 34. The zero-order chi connectivity index (χ0) is 93.7. The molecule has 42 heteroatoms. The predicted molar refractivity (Wildman–Crippen MR) is 472 cm³/mol. The van der Waals surface area contributed by atoms with E-state index in [0.29, 0.717) is 64.2 Å². The number of fused-ring (bicyclic) bond motifs is 3. The van der Waals surface area contributed by atoms with Crippen molar-refractivity contribution >= 4 is 82.4 Å². The number of aliphatic carboxylic acids is 1. The van der Waals surface area contributed by atoms with E-state index < -0.39 is 98.1 Å². The summed E-state index contributed by atoms with van der Waals surface area (Å²) in [6.45, 7) is 19.2. The first-order valence-electron chi connectivity index (χ1n) is 40.2. The summed E-state index contributed by atoms with van der Waals surface area (Å²) >= 11 is 3.32. The van der Waals surface area contributed by atoms with E-state index in [1.54, 1.807) is 58.9 Å². The fourth-order valence-electron chi connectivity index (χ4n) is 14.0. The first kappa shape index (κ1) is 97.9. The lowest BCUT2D eigenvalue weighted by Crippen LogP contribution is -2.53. The number of benzene rings is 4. The maximum Gasteiger partial charge on any atom is 0.333 e. The summed E-state index contributed by atoms with van der Waals surface area (Å²) < 4.78 is 89.0. The van der Waals surface area contributed by atoms with Crippen LogP contribution in [-0.4, -0.2) is 178 Å². The highest BCUT2D eigenvalue weighted by Gasteiger charge is 2.41. The number of Topliss-reactive ketones (excluding diaryl/α,β-unsaturated/α-hetero) is 1. The van der Waals surface area contributed by atoms with E-state index in [2.05, 4.69) is 30.6 Å². The van der Waals surface area contributed by atoms with E-state index in [0.717, 1.165) is 48.7 Å². The summed E-state index contributed by atoms with van der Waals surface area (Å²) in [5, 5.41) is 65.3. The summed E-state index contributed by atoms with van der Waals surface area (Å²) in [6.07, 6.45) is 6.07. The average molecular weight is 1830 g/mol. The van der Waals surface area contributed by atoms with Gasteiger partial charge in [0.1, 0.15) is 106 Å². The molecular weight excluding hydrogens is 1730 g/mol. The zero-order valence-electron chi connectivity index (χ0n) is 73.2. The summed E-state index contributed by atoms with van der Waals surface area (Å²) in [6, 6.07) is 21.0. The van der Waals surface area contributed by atoms with Crippen LogP contribution in [0.15, 0.2) is 151 Å². The first-order valence-corrected chi connectivity index (χ1v) is 42.6. The number of thiophene rings is 3. The van der Waals surface area contributed by atoms with Gasteiger partial charge in [0.15, 0.2) is 5.78 Å². The molecule has 9 heterocycles. The molecule has 0 fully saturated rings. The number of carboxylic acid groups (broad SMARTS) is 1. The van der Waals surface area contributed by atoms with Crippen LogP contribution in [-0.2, 0) is 76.2 Å². The van der Waals surface area contributed by atoms with Gasteiger partial charge in [-0.05, 0) is 134 Å². The quantitative estimate of drug-likeness (QED) is 0.0235. The Morgan fingerprint density at radius 3 is 1.04 bits per heavy atom. The highest BCUT2D eigenvalue weighted by atomic mass is 32.1. The van der Waals surface area contributed by atoms with Gasteiger partial charge in [-0.2, -0.15) is 30.6 Å². The standard InChI is InChI=1S/C31H32FN5O7S.C28H34FN5O6S.C24H26FN5O7S.C3H9N/c1-19-25-26(39)36(31(2,3)29(40)44-18-20-8-6-5-7-9-20)30(41)35(28(25)45-27(19)37-33-12-13-34-37)17-24(43-15-14-38)22-16-21(32)10-11-23(22)42-4;1-16(2)13-22(36)28(4,5)33-24(37)23-17(3)25(34-30-9-10-31-34)41-26(23)32(27(33)38)15-21(40-12-11-35)19-14-18(29)7-8-20(19)39-6;1-13-18-19(32)29(24(2,3)22(33)34)23(35)28(21(18)38-20(13)30-26-7-8-27-30)12-17(37-10-9-31)15-11-14(25)5-6-16(15)36-4;1-3(2)4/h5-13,16,24,38H,14-15,17-18H2,1-4H3;7-10,14,16,21,35H,11-13,15H2,1-6H3;5-8,11,17,31H,9-10,12H2,1-4H3,(H,33,34);3H,4H2,1-2H3/t24-;21-;17-;/m111./s1. The number of aromatic nitrogens is 15. The third-order valence-electron chi connectivity index (χ3n) is 20.4. The minimum Gasteiger partial charge on any atom is -0.496 e. The second-order valence-electron chi connectivity index (χ2n) is 31.4. The molecule has 13 aromatic rings. The largest absolute Gasteiger partial charge is 0.496 e. The number of hydrogen-bond acceptors (Lipinski definition) is 29. The number of ether oxygens (including phenoxy) is 7. The van der Waals surface area contributed by atoms with Crippen molar-refractivity contribution in [2.75, 3.05) is 61.0 Å². The molecule has 0 amide bonds. The van der Waals surface area contributed by atoms with Crippen LogP contribution in [0.25, 0.3) is 45.7 Å². The van der Waals surface area contributed by atoms with Gasteiger partial charge >= 0.3 is 29.0 Å². The van der Waals surface area contributed by atoms with Crippen molar-refractivity contribution < 1.29 is 81.1 Å². The maximum atomic E-state index is 14.5. The number of methoxy groups -OCH3 is 3. The normalized spacial score (nSPS) is 12.5. The van der Waals surface area contributed by atoms with Gasteiger partial charge in [-0.15, -0.1) is 14.4 Å². The summed E-state index contributed by atoms with van der Waals surface area (Å²) in [4.78, 5) is 128. The molecule has 684 valence electrons. The Morgan fingerprint density at radius 2 is 0.758 bits per heavy atom.